The van der Waals surface area contributed by atoms with Crippen molar-refractivity contribution in [3.63, 3.8) is 0 Å². The van der Waals surface area contributed by atoms with Gasteiger partial charge in [-0.3, -0.25) is 14.5 Å². The Morgan fingerprint density at radius 2 is 1.78 bits per heavy atom. The number of ketones is 1. The Morgan fingerprint density at radius 3 is 2.47 bits per heavy atom. The number of nitrogens with zero attached hydrogens (tertiary/aromatic N) is 2. The van der Waals surface area contributed by atoms with Crippen molar-refractivity contribution in [1.82, 2.24) is 9.80 Å². The van der Waals surface area contributed by atoms with E-state index in [0.29, 0.717) is 48.2 Å². The van der Waals surface area contributed by atoms with Gasteiger partial charge in [0.05, 0.1) is 31.9 Å². The maximum Gasteiger partial charge on any atom is 0.295 e. The summed E-state index contributed by atoms with van der Waals surface area (Å²) in [5, 5.41) is 11.6. The van der Waals surface area contributed by atoms with E-state index in [1.165, 1.54) is 12.0 Å². The Bertz CT molecular complexity index is 1030. The zero-order valence-electron chi connectivity index (χ0n) is 17.8. The van der Waals surface area contributed by atoms with E-state index < -0.39 is 17.7 Å². The number of benzene rings is 2. The molecule has 2 saturated heterocycles. The number of methoxy groups -OCH3 is 1. The summed E-state index contributed by atoms with van der Waals surface area (Å²) in [6, 6.07) is 13.0. The number of halogens is 1. The van der Waals surface area contributed by atoms with E-state index in [9.17, 15) is 14.7 Å². The predicted octanol–water partition coefficient (Wildman–Crippen LogP) is 3.10. The molecule has 168 valence electrons. The molecule has 0 aromatic heterocycles. The van der Waals surface area contributed by atoms with E-state index in [-0.39, 0.29) is 11.3 Å². The van der Waals surface area contributed by atoms with Gasteiger partial charge in [0, 0.05) is 42.3 Å². The summed E-state index contributed by atoms with van der Waals surface area (Å²) < 4.78 is 10.9. The number of carbonyl (C=O) groups excluding carboxylic acids is 2. The van der Waals surface area contributed by atoms with Crippen LogP contribution in [0.2, 0.25) is 5.02 Å². The molecule has 1 N–H and O–H groups in total. The first-order valence-corrected chi connectivity index (χ1v) is 10.9. The van der Waals surface area contributed by atoms with Crippen LogP contribution in [0.5, 0.6) is 5.75 Å². The molecular formula is C24H25ClN2O5. The SMILES string of the molecule is COc1ccccc1[C@H]1/C(=C(\O)c2ccc(Cl)cc2)C(=O)C(=O)N1CCN1CCOCC1. The number of hydrogen-bond acceptors (Lipinski definition) is 6. The number of para-hydroxylation sites is 1. The van der Waals surface area contributed by atoms with Gasteiger partial charge in [-0.25, -0.2) is 0 Å². The van der Waals surface area contributed by atoms with Gasteiger partial charge in [0.15, 0.2) is 0 Å². The van der Waals surface area contributed by atoms with Gasteiger partial charge in [0.2, 0.25) is 0 Å². The van der Waals surface area contributed by atoms with Crippen LogP contribution in [-0.2, 0) is 14.3 Å². The van der Waals surface area contributed by atoms with Crippen molar-refractivity contribution in [2.45, 2.75) is 6.04 Å². The Morgan fingerprint density at radius 1 is 1.09 bits per heavy atom. The summed E-state index contributed by atoms with van der Waals surface area (Å²) in [7, 11) is 1.54. The summed E-state index contributed by atoms with van der Waals surface area (Å²) in [6.07, 6.45) is 0. The van der Waals surface area contributed by atoms with Gasteiger partial charge in [-0.15, -0.1) is 0 Å². The zero-order valence-corrected chi connectivity index (χ0v) is 18.5. The molecule has 7 nitrogen and oxygen atoms in total. The number of amides is 1. The largest absolute Gasteiger partial charge is 0.507 e. The molecule has 8 heteroatoms. The van der Waals surface area contributed by atoms with Crippen LogP contribution in [0.25, 0.3) is 5.76 Å². The molecule has 0 spiro atoms. The number of likely N-dealkylation sites (tertiary alicyclic amines) is 1. The highest BCUT2D eigenvalue weighted by molar-refractivity contribution is 6.46. The van der Waals surface area contributed by atoms with E-state index in [0.717, 1.165) is 13.1 Å². The highest BCUT2D eigenvalue weighted by atomic mass is 35.5. The van der Waals surface area contributed by atoms with Gasteiger partial charge in [0.25, 0.3) is 11.7 Å². The molecule has 2 heterocycles. The van der Waals surface area contributed by atoms with Crippen LogP contribution < -0.4 is 4.74 Å². The van der Waals surface area contributed by atoms with E-state index in [2.05, 4.69) is 4.90 Å². The van der Waals surface area contributed by atoms with Gasteiger partial charge in [-0.2, -0.15) is 0 Å². The fourth-order valence-electron chi connectivity index (χ4n) is 4.16. The molecule has 0 saturated carbocycles. The average molecular weight is 457 g/mol. The minimum Gasteiger partial charge on any atom is -0.507 e. The quantitative estimate of drug-likeness (QED) is 0.409. The third kappa shape index (κ3) is 4.37. The highest BCUT2D eigenvalue weighted by Gasteiger charge is 2.47. The molecule has 4 rings (SSSR count). The van der Waals surface area contributed by atoms with Crippen LogP contribution in [0.4, 0.5) is 0 Å². The highest BCUT2D eigenvalue weighted by Crippen LogP contribution is 2.42. The molecule has 1 atom stereocenters. The van der Waals surface area contributed by atoms with Gasteiger partial charge < -0.3 is 19.5 Å². The summed E-state index contributed by atoms with van der Waals surface area (Å²) in [5.41, 5.74) is 1.11. The second kappa shape index (κ2) is 9.73. The molecule has 0 aliphatic carbocycles. The van der Waals surface area contributed by atoms with Crippen LogP contribution in [0.15, 0.2) is 54.1 Å². The lowest BCUT2D eigenvalue weighted by atomic mass is 9.94. The van der Waals surface area contributed by atoms with Crippen molar-refractivity contribution in [2.24, 2.45) is 0 Å². The molecule has 2 aromatic carbocycles. The van der Waals surface area contributed by atoms with Gasteiger partial charge in [-0.1, -0.05) is 29.8 Å². The second-order valence-corrected chi connectivity index (χ2v) is 8.13. The van der Waals surface area contributed by atoms with Crippen LogP contribution in [-0.4, -0.2) is 73.1 Å². The van der Waals surface area contributed by atoms with E-state index in [1.54, 1.807) is 30.3 Å². The van der Waals surface area contributed by atoms with Crippen molar-refractivity contribution >= 4 is 29.1 Å². The number of carbonyl (C=O) groups is 2. The molecule has 2 aromatic rings. The number of aliphatic hydroxyl groups excluding tert-OH is 1. The molecule has 0 bridgehead atoms. The monoisotopic (exact) mass is 456 g/mol. The fraction of sp³-hybridized carbons (Fsp3) is 0.333. The zero-order chi connectivity index (χ0) is 22.7. The number of Topliss-reactive ketones (excluding diaryl/α,β-unsaturated/α-hetero) is 1. The van der Waals surface area contributed by atoms with Crippen molar-refractivity contribution in [3.05, 3.63) is 70.3 Å². The Kier molecular flexibility index (Phi) is 6.79. The molecular weight excluding hydrogens is 432 g/mol. The standard InChI is InChI=1S/C24H25ClN2O5/c1-31-19-5-3-2-4-18(19)21-20(22(28)16-6-8-17(25)9-7-16)23(29)24(30)27(21)11-10-26-12-14-32-15-13-26/h2-9,21,28H,10-15H2,1H3/b22-20+/t21-/m0/s1. The lowest BCUT2D eigenvalue weighted by Crippen LogP contribution is -2.42. The first kappa shape index (κ1) is 22.3. The predicted molar refractivity (Wildman–Crippen MR) is 121 cm³/mol. The molecule has 2 aliphatic rings. The molecule has 1 amide bonds. The third-order valence-corrected chi connectivity index (χ3v) is 6.10. The summed E-state index contributed by atoms with van der Waals surface area (Å²) in [5.74, 6) is -1.04. The maximum absolute atomic E-state index is 13.1. The lowest BCUT2D eigenvalue weighted by molar-refractivity contribution is -0.140. The maximum atomic E-state index is 13.1. The smallest absolute Gasteiger partial charge is 0.295 e. The molecule has 2 aliphatic heterocycles. The number of ether oxygens (including phenoxy) is 2. The second-order valence-electron chi connectivity index (χ2n) is 7.70. The van der Waals surface area contributed by atoms with Crippen molar-refractivity contribution in [3.8, 4) is 5.75 Å². The van der Waals surface area contributed by atoms with E-state index in [4.69, 9.17) is 21.1 Å². The van der Waals surface area contributed by atoms with Crippen LogP contribution >= 0.6 is 11.6 Å². The van der Waals surface area contributed by atoms with E-state index in [1.807, 2.05) is 18.2 Å². The van der Waals surface area contributed by atoms with Gasteiger partial charge >= 0.3 is 0 Å². The van der Waals surface area contributed by atoms with Crippen LogP contribution in [0.1, 0.15) is 17.2 Å². The molecule has 2 fully saturated rings. The summed E-state index contributed by atoms with van der Waals surface area (Å²) in [4.78, 5) is 29.9. The number of hydrogen-bond donors (Lipinski definition) is 1. The Hall–Kier alpha value is -2.87. The number of rotatable bonds is 6. The topological polar surface area (TPSA) is 79.3 Å². The minimum absolute atomic E-state index is 0.0452. The molecule has 0 radical (unpaired) electrons. The van der Waals surface area contributed by atoms with Gasteiger partial charge in [-0.05, 0) is 30.3 Å². The first-order chi connectivity index (χ1) is 15.5. The summed E-state index contributed by atoms with van der Waals surface area (Å²) in [6.45, 7) is 3.77. The fourth-order valence-corrected chi connectivity index (χ4v) is 4.29. The average Bonchev–Trinajstić information content (AvgIpc) is 3.08. The molecule has 0 unspecified atom stereocenters. The minimum atomic E-state index is -0.761. The normalized spacial score (nSPS) is 21.2. The number of morpholine rings is 1. The van der Waals surface area contributed by atoms with E-state index >= 15 is 0 Å². The third-order valence-electron chi connectivity index (χ3n) is 5.85. The van der Waals surface area contributed by atoms with Crippen LogP contribution in [0, 0.1) is 0 Å². The first-order valence-electron chi connectivity index (χ1n) is 10.5. The van der Waals surface area contributed by atoms with Crippen molar-refractivity contribution in [2.75, 3.05) is 46.5 Å². The van der Waals surface area contributed by atoms with Crippen molar-refractivity contribution in [1.29, 1.82) is 0 Å². The van der Waals surface area contributed by atoms with Crippen molar-refractivity contribution < 1.29 is 24.2 Å². The molecule has 32 heavy (non-hydrogen) atoms. The Balaban J connectivity index is 1.77. The van der Waals surface area contributed by atoms with Crippen LogP contribution in [0.3, 0.4) is 0 Å². The summed E-state index contributed by atoms with van der Waals surface area (Å²) >= 11 is 5.97. The lowest BCUT2D eigenvalue weighted by Gasteiger charge is -2.31. The van der Waals surface area contributed by atoms with Gasteiger partial charge in [0.1, 0.15) is 11.5 Å². The number of aliphatic hydroxyl groups is 1. The Labute approximate surface area is 191 Å².